The van der Waals surface area contributed by atoms with Gasteiger partial charge in [0.15, 0.2) is 17.5 Å². The van der Waals surface area contributed by atoms with Crippen molar-refractivity contribution in [1.29, 1.82) is 0 Å². The van der Waals surface area contributed by atoms with Gasteiger partial charge in [0.05, 0.1) is 45.7 Å². The monoisotopic (exact) mass is 445 g/mol. The van der Waals surface area contributed by atoms with Gasteiger partial charge in [0.25, 0.3) is 0 Å². The van der Waals surface area contributed by atoms with E-state index >= 15 is 0 Å². The van der Waals surface area contributed by atoms with Gasteiger partial charge in [-0.05, 0) is 36.8 Å². The van der Waals surface area contributed by atoms with E-state index in [0.717, 1.165) is 18.7 Å². The number of halogens is 1. The molecule has 1 aromatic carbocycles. The highest BCUT2D eigenvalue weighted by molar-refractivity contribution is 5.79. The molecule has 2 aromatic rings. The molecule has 1 saturated heterocycles. The lowest BCUT2D eigenvalue weighted by atomic mass is 10.0. The molecule has 1 aliphatic rings. The Balaban J connectivity index is 1.78. The molecular weight excluding hydrogens is 413 g/mol. The van der Waals surface area contributed by atoms with Crippen LogP contribution >= 0.6 is 0 Å². The number of pyridine rings is 1. The summed E-state index contributed by atoms with van der Waals surface area (Å²) in [6, 6.07) is 9.01. The first-order valence-corrected chi connectivity index (χ1v) is 10.8. The van der Waals surface area contributed by atoms with Crippen LogP contribution in [0.5, 0.6) is 11.5 Å². The van der Waals surface area contributed by atoms with Gasteiger partial charge in [-0.15, -0.1) is 0 Å². The van der Waals surface area contributed by atoms with E-state index < -0.39 is 0 Å². The molecule has 0 amide bonds. The largest absolute Gasteiger partial charge is 0.493 e. The third kappa shape index (κ3) is 6.30. The highest BCUT2D eigenvalue weighted by Gasteiger charge is 2.24. The van der Waals surface area contributed by atoms with E-state index in [2.05, 4.69) is 31.6 Å². The van der Waals surface area contributed by atoms with Crippen molar-refractivity contribution in [2.24, 2.45) is 4.99 Å². The Labute approximate surface area is 188 Å². The number of hydrogen-bond acceptors (Lipinski definition) is 6. The first-order chi connectivity index (χ1) is 15.7. The van der Waals surface area contributed by atoms with Crippen LogP contribution in [0.1, 0.15) is 24.2 Å². The number of nitrogens with zero attached hydrogens (tertiary/aromatic N) is 3. The fraction of sp³-hybridized carbons (Fsp3) is 0.478. The average Bonchev–Trinajstić information content (AvgIpc) is 2.84. The van der Waals surface area contributed by atoms with Gasteiger partial charge in [-0.25, -0.2) is 9.38 Å². The number of morpholine rings is 1. The van der Waals surface area contributed by atoms with Gasteiger partial charge in [0, 0.05) is 32.4 Å². The molecule has 174 valence electrons. The van der Waals surface area contributed by atoms with Crippen LogP contribution in [-0.4, -0.2) is 69.5 Å². The van der Waals surface area contributed by atoms with Gasteiger partial charge in [0.1, 0.15) is 5.82 Å². The van der Waals surface area contributed by atoms with Crippen LogP contribution in [0.4, 0.5) is 4.39 Å². The van der Waals surface area contributed by atoms with Crippen molar-refractivity contribution in [2.45, 2.75) is 19.5 Å². The predicted molar refractivity (Wildman–Crippen MR) is 122 cm³/mol. The second-order valence-corrected chi connectivity index (χ2v) is 7.29. The average molecular weight is 446 g/mol. The summed E-state index contributed by atoms with van der Waals surface area (Å²) in [5.74, 6) is 1.63. The quantitative estimate of drug-likeness (QED) is 0.453. The first-order valence-electron chi connectivity index (χ1n) is 10.8. The number of ether oxygens (including phenoxy) is 3. The highest BCUT2D eigenvalue weighted by Crippen LogP contribution is 2.32. The minimum absolute atomic E-state index is 0.0640. The summed E-state index contributed by atoms with van der Waals surface area (Å²) in [6.07, 6.45) is 1.57. The zero-order valence-corrected chi connectivity index (χ0v) is 18.9. The molecule has 0 saturated carbocycles. The van der Waals surface area contributed by atoms with Gasteiger partial charge >= 0.3 is 0 Å². The van der Waals surface area contributed by atoms with Crippen molar-refractivity contribution < 1.29 is 18.6 Å². The zero-order valence-electron chi connectivity index (χ0n) is 18.9. The second kappa shape index (κ2) is 12.2. The fourth-order valence-corrected chi connectivity index (χ4v) is 3.63. The lowest BCUT2D eigenvalue weighted by Gasteiger charge is -2.35. The number of aliphatic imine (C=N–C) groups is 1. The molecule has 0 spiro atoms. The van der Waals surface area contributed by atoms with Crippen LogP contribution in [0.25, 0.3) is 0 Å². The number of hydrogen-bond donors (Lipinski definition) is 2. The Bertz CT molecular complexity index is 890. The molecule has 1 fully saturated rings. The Hall–Kier alpha value is -2.91. The Morgan fingerprint density at radius 3 is 2.66 bits per heavy atom. The van der Waals surface area contributed by atoms with Gasteiger partial charge in [-0.2, -0.15) is 0 Å². The predicted octanol–water partition coefficient (Wildman–Crippen LogP) is 2.37. The number of guanidine groups is 1. The molecular formula is C23H32FN5O3. The van der Waals surface area contributed by atoms with Crippen molar-refractivity contribution in [3.05, 3.63) is 53.6 Å². The van der Waals surface area contributed by atoms with Crippen molar-refractivity contribution in [3.63, 3.8) is 0 Å². The maximum absolute atomic E-state index is 13.9. The topological polar surface area (TPSA) is 80.2 Å². The van der Waals surface area contributed by atoms with Crippen LogP contribution in [-0.2, 0) is 11.3 Å². The molecule has 2 heterocycles. The van der Waals surface area contributed by atoms with E-state index in [0.29, 0.717) is 49.5 Å². The molecule has 1 unspecified atom stereocenters. The second-order valence-electron chi connectivity index (χ2n) is 7.29. The van der Waals surface area contributed by atoms with E-state index in [1.165, 1.54) is 6.07 Å². The molecule has 3 rings (SSSR count). The molecule has 0 radical (unpaired) electrons. The number of benzene rings is 1. The Kier molecular flexibility index (Phi) is 9.06. The minimum atomic E-state index is -0.358. The van der Waals surface area contributed by atoms with Gasteiger partial charge in [-0.1, -0.05) is 6.07 Å². The Morgan fingerprint density at radius 2 is 1.97 bits per heavy atom. The lowest BCUT2D eigenvalue weighted by Crippen LogP contribution is -2.46. The Morgan fingerprint density at radius 1 is 1.19 bits per heavy atom. The maximum atomic E-state index is 13.9. The summed E-state index contributed by atoms with van der Waals surface area (Å²) in [5, 5.41) is 6.63. The normalized spacial score (nSPS) is 15.8. The molecule has 0 aliphatic carbocycles. The summed E-state index contributed by atoms with van der Waals surface area (Å²) in [5.41, 5.74) is 1.41. The minimum Gasteiger partial charge on any atom is -0.493 e. The van der Waals surface area contributed by atoms with E-state index in [9.17, 15) is 4.39 Å². The number of aromatic nitrogens is 1. The van der Waals surface area contributed by atoms with Crippen LogP contribution in [0.15, 0.2) is 41.5 Å². The van der Waals surface area contributed by atoms with Crippen molar-refractivity contribution >= 4 is 5.96 Å². The molecule has 32 heavy (non-hydrogen) atoms. The molecule has 9 heteroatoms. The van der Waals surface area contributed by atoms with Crippen LogP contribution in [0.2, 0.25) is 0 Å². The summed E-state index contributed by atoms with van der Waals surface area (Å²) < 4.78 is 30.4. The number of rotatable bonds is 9. The first kappa shape index (κ1) is 23.7. The maximum Gasteiger partial charge on any atom is 0.191 e. The van der Waals surface area contributed by atoms with Crippen LogP contribution in [0, 0.1) is 5.82 Å². The van der Waals surface area contributed by atoms with E-state index in [1.807, 2.05) is 19.1 Å². The van der Waals surface area contributed by atoms with Gasteiger partial charge in [-0.3, -0.25) is 9.88 Å². The third-order valence-electron chi connectivity index (χ3n) is 5.31. The van der Waals surface area contributed by atoms with Gasteiger partial charge < -0.3 is 24.8 Å². The zero-order chi connectivity index (χ0) is 22.8. The van der Waals surface area contributed by atoms with Gasteiger partial charge in [0.2, 0.25) is 0 Å². The van der Waals surface area contributed by atoms with Crippen LogP contribution < -0.4 is 20.1 Å². The van der Waals surface area contributed by atoms with E-state index in [1.54, 1.807) is 26.5 Å². The van der Waals surface area contributed by atoms with Crippen molar-refractivity contribution in [3.8, 4) is 11.5 Å². The van der Waals surface area contributed by atoms with Crippen LogP contribution in [0.3, 0.4) is 0 Å². The van der Waals surface area contributed by atoms with E-state index in [4.69, 9.17) is 14.2 Å². The van der Waals surface area contributed by atoms with Crippen molar-refractivity contribution in [2.75, 3.05) is 53.6 Å². The highest BCUT2D eigenvalue weighted by atomic mass is 19.1. The summed E-state index contributed by atoms with van der Waals surface area (Å²) in [7, 11) is 3.26. The smallest absolute Gasteiger partial charge is 0.191 e. The molecule has 8 nitrogen and oxygen atoms in total. The SMILES string of the molecule is CCNC(=NCc1ncccc1F)NCC(c1ccc(OC)c(OC)c1)N1CCOCC1. The fourth-order valence-electron chi connectivity index (χ4n) is 3.63. The number of methoxy groups -OCH3 is 2. The molecule has 1 atom stereocenters. The lowest BCUT2D eigenvalue weighted by molar-refractivity contribution is 0.0169. The van der Waals surface area contributed by atoms with Crippen molar-refractivity contribution in [1.82, 2.24) is 20.5 Å². The molecule has 1 aromatic heterocycles. The summed E-state index contributed by atoms with van der Waals surface area (Å²) in [4.78, 5) is 11.0. The number of nitrogens with one attached hydrogen (secondary N) is 2. The standard InChI is InChI=1S/C23H32FN5O3/c1-4-25-23(27-15-19-18(24)6-5-9-26-19)28-16-20(29-10-12-32-13-11-29)17-7-8-21(30-2)22(14-17)31-3/h5-9,14,20H,4,10-13,15-16H2,1-3H3,(H2,25,27,28). The molecule has 2 N–H and O–H groups in total. The molecule has 1 aliphatic heterocycles. The van der Waals surface area contributed by atoms with E-state index in [-0.39, 0.29) is 18.4 Å². The molecule has 0 bridgehead atoms. The summed E-state index contributed by atoms with van der Waals surface area (Å²) >= 11 is 0. The summed E-state index contributed by atoms with van der Waals surface area (Å²) in [6.45, 7) is 6.48. The third-order valence-corrected chi connectivity index (χ3v) is 5.31.